The Balaban J connectivity index is 1.26. The number of nitrogens with one attached hydrogen (secondary N) is 2. The number of amides is 2. The highest BCUT2D eigenvalue weighted by Crippen LogP contribution is 2.37. The van der Waals surface area contributed by atoms with Crippen LogP contribution in [-0.2, 0) is 28.9 Å². The molecule has 50 heavy (non-hydrogen) atoms. The zero-order chi connectivity index (χ0) is 35.5. The number of alkyl carbamates (subject to hydrolysis) is 1. The number of hydrogen-bond acceptors (Lipinski definition) is 8. The van der Waals surface area contributed by atoms with Crippen molar-refractivity contribution in [1.82, 2.24) is 15.2 Å². The van der Waals surface area contributed by atoms with E-state index in [1.54, 1.807) is 38.1 Å². The molecule has 0 unspecified atom stereocenters. The Morgan fingerprint density at radius 3 is 2.36 bits per heavy atom. The van der Waals surface area contributed by atoms with E-state index in [1.165, 1.54) is 0 Å². The number of benzene rings is 3. The van der Waals surface area contributed by atoms with Gasteiger partial charge in [0.05, 0.1) is 24.3 Å². The normalized spacial score (nSPS) is 16.5. The Bertz CT molecular complexity index is 1660. The van der Waals surface area contributed by atoms with Gasteiger partial charge >= 0.3 is 6.09 Å². The molecule has 4 N–H and O–H groups in total. The van der Waals surface area contributed by atoms with Crippen molar-refractivity contribution in [1.29, 1.82) is 0 Å². The summed E-state index contributed by atoms with van der Waals surface area (Å²) >= 11 is 0. The summed E-state index contributed by atoms with van der Waals surface area (Å²) in [6.45, 7) is 6.69. The molecule has 1 aromatic heterocycles. The van der Waals surface area contributed by atoms with E-state index in [0.29, 0.717) is 31.7 Å². The first-order valence-corrected chi connectivity index (χ1v) is 17.2. The first kappa shape index (κ1) is 36.4. The van der Waals surface area contributed by atoms with Crippen LogP contribution < -0.4 is 15.4 Å². The second-order valence-corrected chi connectivity index (χ2v) is 13.6. The van der Waals surface area contributed by atoms with E-state index >= 15 is 0 Å². The molecule has 0 bridgehead atoms. The lowest BCUT2D eigenvalue weighted by molar-refractivity contribution is -0.137. The van der Waals surface area contributed by atoms with Crippen LogP contribution in [0.5, 0.6) is 5.75 Å². The minimum Gasteiger partial charge on any atom is -0.492 e. The summed E-state index contributed by atoms with van der Waals surface area (Å²) in [4.78, 5) is 32.6. The third kappa shape index (κ3) is 10.5. The summed E-state index contributed by atoms with van der Waals surface area (Å²) < 4.78 is 11.4. The molecular weight excluding hydrogens is 632 g/mol. The molecule has 1 heterocycles. The number of carbonyl (C=O) groups excluding carboxylic acids is 2. The topological polar surface area (TPSA) is 133 Å². The molecule has 0 radical (unpaired) electrons. The Kier molecular flexibility index (Phi) is 12.5. The lowest BCUT2D eigenvalue weighted by Gasteiger charge is -2.33. The van der Waals surface area contributed by atoms with Gasteiger partial charge in [-0.05, 0) is 80.1 Å². The van der Waals surface area contributed by atoms with Gasteiger partial charge in [-0.1, -0.05) is 66.7 Å². The zero-order valence-electron chi connectivity index (χ0n) is 29.0. The van der Waals surface area contributed by atoms with E-state index in [1.807, 2.05) is 91.0 Å². The number of anilines is 1. The third-order valence-electron chi connectivity index (χ3n) is 8.60. The molecule has 1 aliphatic rings. The maximum Gasteiger partial charge on any atom is 0.407 e. The highest BCUT2D eigenvalue weighted by molar-refractivity contribution is 5.77. The average Bonchev–Trinajstić information content (AvgIpc) is 3.43. The van der Waals surface area contributed by atoms with Crippen molar-refractivity contribution in [2.45, 2.75) is 82.9 Å². The van der Waals surface area contributed by atoms with E-state index in [-0.39, 0.29) is 25.3 Å². The van der Waals surface area contributed by atoms with Gasteiger partial charge in [-0.25, -0.2) is 4.79 Å². The number of aliphatic hydroxyl groups excluding tert-OH is 2. The molecule has 4 aromatic rings. The maximum atomic E-state index is 14.1. The second kappa shape index (κ2) is 17.1. The molecule has 2 amide bonds. The molecule has 0 aliphatic heterocycles. The molecule has 264 valence electrons. The summed E-state index contributed by atoms with van der Waals surface area (Å²) in [6.07, 6.45) is 1.97. The molecular formula is C40H48N4O6. The highest BCUT2D eigenvalue weighted by Gasteiger charge is 2.38. The van der Waals surface area contributed by atoms with Crippen LogP contribution in [0.1, 0.15) is 61.9 Å². The second-order valence-electron chi connectivity index (χ2n) is 13.6. The molecule has 0 spiro atoms. The minimum atomic E-state index is -1.03. The molecule has 4 atom stereocenters. The van der Waals surface area contributed by atoms with Crippen LogP contribution in [0.15, 0.2) is 103 Å². The third-order valence-corrected chi connectivity index (χ3v) is 8.60. The number of ether oxygens (including phenoxy) is 2. The molecule has 0 fully saturated rings. The lowest BCUT2D eigenvalue weighted by atomic mass is 9.97. The van der Waals surface area contributed by atoms with Crippen LogP contribution in [0.3, 0.4) is 0 Å². The zero-order valence-corrected chi connectivity index (χ0v) is 29.0. The Labute approximate surface area is 294 Å². The van der Waals surface area contributed by atoms with E-state index < -0.39 is 36.0 Å². The van der Waals surface area contributed by atoms with Crippen LogP contribution in [0.25, 0.3) is 0 Å². The number of fused-ring (bicyclic) bond motifs is 1. The fourth-order valence-electron chi connectivity index (χ4n) is 6.22. The van der Waals surface area contributed by atoms with E-state index in [4.69, 9.17) is 9.47 Å². The highest BCUT2D eigenvalue weighted by atomic mass is 16.6. The summed E-state index contributed by atoms with van der Waals surface area (Å²) in [5, 5.41) is 28.7. The van der Waals surface area contributed by atoms with Crippen molar-refractivity contribution in [3.8, 4) is 5.75 Å². The van der Waals surface area contributed by atoms with Crippen molar-refractivity contribution in [3.63, 3.8) is 0 Å². The molecule has 5 rings (SSSR count). The fourth-order valence-corrected chi connectivity index (χ4v) is 6.22. The molecule has 10 nitrogen and oxygen atoms in total. The molecule has 3 aromatic carbocycles. The summed E-state index contributed by atoms with van der Waals surface area (Å²) in [7, 11) is 0. The van der Waals surface area contributed by atoms with Crippen LogP contribution in [0.4, 0.5) is 10.5 Å². The van der Waals surface area contributed by atoms with E-state index in [9.17, 15) is 19.8 Å². The number of carbonyl (C=O) groups is 2. The number of aromatic nitrogens is 1. The van der Waals surface area contributed by atoms with Crippen molar-refractivity contribution in [3.05, 3.63) is 126 Å². The average molecular weight is 681 g/mol. The maximum absolute atomic E-state index is 14.1. The fraction of sp³-hybridized carbons (Fsp3) is 0.375. The standard InChI is InChI=1S/C40H48N4O6/c1-40(2,3)50-39(48)43-34(25-28-9-5-4-6-10-28)35(45)17-18-37(47)44(38-33-12-8-7-11-30(33)26-36(38)46)27-29-13-15-32(16-14-29)49-24-23-42-31-19-21-41-22-20-31/h4-16,19-22,34-36,38,45-46H,17-18,23-27H2,1-3H3,(H,41,42)(H,43,48)/t34-,35-,36+,38-/m0/s1. The molecule has 10 heteroatoms. The van der Waals surface area contributed by atoms with Crippen LogP contribution >= 0.6 is 0 Å². The van der Waals surface area contributed by atoms with Gasteiger partial charge in [-0.2, -0.15) is 0 Å². The van der Waals surface area contributed by atoms with Gasteiger partial charge in [0, 0.05) is 44.0 Å². The number of aliphatic hydroxyl groups is 2. The number of nitrogens with zero attached hydrogens (tertiary/aromatic N) is 2. The largest absolute Gasteiger partial charge is 0.492 e. The molecule has 0 saturated heterocycles. The monoisotopic (exact) mass is 680 g/mol. The summed E-state index contributed by atoms with van der Waals surface area (Å²) in [6, 6.07) is 27.5. The van der Waals surface area contributed by atoms with Crippen molar-refractivity contribution >= 4 is 17.7 Å². The minimum absolute atomic E-state index is 0.0134. The van der Waals surface area contributed by atoms with E-state index in [0.717, 1.165) is 27.9 Å². The quantitative estimate of drug-likeness (QED) is 0.115. The van der Waals surface area contributed by atoms with Crippen LogP contribution in [0, 0.1) is 0 Å². The smallest absolute Gasteiger partial charge is 0.407 e. The summed E-state index contributed by atoms with van der Waals surface area (Å²) in [5.74, 6) is 0.502. The Morgan fingerprint density at radius 1 is 0.940 bits per heavy atom. The van der Waals surface area contributed by atoms with Gasteiger partial charge in [0.1, 0.15) is 18.0 Å². The SMILES string of the molecule is CC(C)(C)OC(=O)N[C@@H](Cc1ccccc1)[C@@H](O)CCC(=O)N(Cc1ccc(OCCNc2ccncc2)cc1)[C@H]1c2ccccc2C[C@H]1O. The van der Waals surface area contributed by atoms with Crippen LogP contribution in [-0.4, -0.2) is 69.1 Å². The summed E-state index contributed by atoms with van der Waals surface area (Å²) in [5.41, 5.74) is 4.01. The van der Waals surface area contributed by atoms with Crippen LogP contribution in [0.2, 0.25) is 0 Å². The molecule has 1 aliphatic carbocycles. The predicted octanol–water partition coefficient (Wildman–Crippen LogP) is 5.84. The van der Waals surface area contributed by atoms with Crippen molar-refractivity contribution in [2.75, 3.05) is 18.5 Å². The van der Waals surface area contributed by atoms with Crippen molar-refractivity contribution in [2.24, 2.45) is 0 Å². The van der Waals surface area contributed by atoms with Crippen molar-refractivity contribution < 1.29 is 29.3 Å². The van der Waals surface area contributed by atoms with Gasteiger partial charge in [-0.3, -0.25) is 9.78 Å². The van der Waals surface area contributed by atoms with Gasteiger partial charge in [0.15, 0.2) is 0 Å². The van der Waals surface area contributed by atoms with Gasteiger partial charge in [0.2, 0.25) is 5.91 Å². The van der Waals surface area contributed by atoms with E-state index in [2.05, 4.69) is 15.6 Å². The first-order valence-electron chi connectivity index (χ1n) is 17.2. The molecule has 0 saturated carbocycles. The number of hydrogen-bond donors (Lipinski definition) is 4. The Hall–Kier alpha value is -4.93. The Morgan fingerprint density at radius 2 is 1.64 bits per heavy atom. The van der Waals surface area contributed by atoms with Gasteiger partial charge < -0.3 is 35.2 Å². The predicted molar refractivity (Wildman–Crippen MR) is 193 cm³/mol. The van der Waals surface area contributed by atoms with Gasteiger partial charge in [-0.15, -0.1) is 0 Å². The van der Waals surface area contributed by atoms with Gasteiger partial charge in [0.25, 0.3) is 0 Å². The number of pyridine rings is 1. The number of rotatable bonds is 15. The lowest BCUT2D eigenvalue weighted by Crippen LogP contribution is -2.47. The first-order chi connectivity index (χ1) is 24.1.